The van der Waals surface area contributed by atoms with Gasteiger partial charge in [0.2, 0.25) is 0 Å². The Morgan fingerprint density at radius 2 is 1.93 bits per heavy atom. The molecule has 0 saturated carbocycles. The van der Waals surface area contributed by atoms with Crippen molar-refractivity contribution >= 4 is 22.4 Å². The molecule has 3 rings (SSSR count). The van der Waals surface area contributed by atoms with E-state index < -0.39 is 5.91 Å². The molecule has 0 saturated heterocycles. The molecule has 0 radical (unpaired) electrons. The zero-order valence-electron chi connectivity index (χ0n) is 15.4. The summed E-state index contributed by atoms with van der Waals surface area (Å²) in [7, 11) is 1.59. The number of benzene rings is 2. The van der Waals surface area contributed by atoms with Gasteiger partial charge in [0.1, 0.15) is 5.75 Å². The third-order valence-electron chi connectivity index (χ3n) is 4.20. The minimum Gasteiger partial charge on any atom is -0.497 e. The SMILES string of the molecule is CCn1nc(C(=O)N/N=C(\C)c2cccc(OC)c2)c2ccccc2c1=O. The summed E-state index contributed by atoms with van der Waals surface area (Å²) >= 11 is 0. The van der Waals surface area contributed by atoms with Gasteiger partial charge in [0.15, 0.2) is 5.69 Å². The highest BCUT2D eigenvalue weighted by molar-refractivity contribution is 6.06. The molecule has 0 unspecified atom stereocenters. The number of aryl methyl sites for hydroxylation is 1. The van der Waals surface area contributed by atoms with Crippen LogP contribution >= 0.6 is 0 Å². The molecule has 1 N–H and O–H groups in total. The molecular weight excluding hydrogens is 344 g/mol. The Morgan fingerprint density at radius 3 is 2.63 bits per heavy atom. The van der Waals surface area contributed by atoms with Crippen LogP contribution in [0.5, 0.6) is 5.75 Å². The number of carbonyl (C=O) groups excluding carboxylic acids is 1. The van der Waals surface area contributed by atoms with Gasteiger partial charge in [0, 0.05) is 17.5 Å². The summed E-state index contributed by atoms with van der Waals surface area (Å²) in [5.41, 5.74) is 3.91. The first kappa shape index (κ1) is 18.3. The number of nitrogens with one attached hydrogen (secondary N) is 1. The summed E-state index contributed by atoms with van der Waals surface area (Å²) in [4.78, 5) is 25.1. The summed E-state index contributed by atoms with van der Waals surface area (Å²) in [5, 5.41) is 9.32. The topological polar surface area (TPSA) is 85.6 Å². The lowest BCUT2D eigenvalue weighted by Crippen LogP contribution is -2.28. The molecule has 0 fully saturated rings. The number of amides is 1. The number of fused-ring (bicyclic) bond motifs is 1. The fourth-order valence-corrected chi connectivity index (χ4v) is 2.72. The molecule has 0 aliphatic carbocycles. The van der Waals surface area contributed by atoms with Crippen LogP contribution in [0.4, 0.5) is 0 Å². The lowest BCUT2D eigenvalue weighted by atomic mass is 10.1. The van der Waals surface area contributed by atoms with Gasteiger partial charge in [-0.1, -0.05) is 30.3 Å². The lowest BCUT2D eigenvalue weighted by Gasteiger charge is -2.09. The van der Waals surface area contributed by atoms with E-state index in [1.807, 2.05) is 24.3 Å². The summed E-state index contributed by atoms with van der Waals surface area (Å²) in [6.07, 6.45) is 0. The second-order valence-corrected chi connectivity index (χ2v) is 5.89. The third-order valence-corrected chi connectivity index (χ3v) is 4.20. The van der Waals surface area contributed by atoms with E-state index in [1.165, 1.54) is 4.68 Å². The van der Waals surface area contributed by atoms with Gasteiger partial charge in [0.05, 0.1) is 18.2 Å². The maximum atomic E-state index is 12.7. The Balaban J connectivity index is 1.94. The summed E-state index contributed by atoms with van der Waals surface area (Å²) < 4.78 is 6.47. The number of aromatic nitrogens is 2. The molecule has 2 aromatic carbocycles. The standard InChI is InChI=1S/C20H20N4O3/c1-4-24-20(26)17-11-6-5-10-16(17)18(23-24)19(25)22-21-13(2)14-8-7-9-15(12-14)27-3/h5-12H,4H2,1-3H3,(H,22,25)/b21-13+. The van der Waals surface area contributed by atoms with Crippen LogP contribution in [0, 0.1) is 0 Å². The van der Waals surface area contributed by atoms with E-state index in [9.17, 15) is 9.59 Å². The minimum atomic E-state index is -0.476. The van der Waals surface area contributed by atoms with Crippen LogP contribution in [0.3, 0.4) is 0 Å². The van der Waals surface area contributed by atoms with Crippen molar-refractivity contribution in [3.05, 3.63) is 70.1 Å². The Kier molecular flexibility index (Phi) is 5.30. The van der Waals surface area contributed by atoms with E-state index in [0.29, 0.717) is 28.8 Å². The molecule has 1 amide bonds. The summed E-state index contributed by atoms with van der Waals surface area (Å²) in [6.45, 7) is 3.96. The molecule has 0 aliphatic heterocycles. The van der Waals surface area contributed by atoms with E-state index in [2.05, 4.69) is 15.6 Å². The average molecular weight is 364 g/mol. The fraction of sp³-hybridized carbons (Fsp3) is 0.200. The molecule has 1 aromatic heterocycles. The van der Waals surface area contributed by atoms with Gasteiger partial charge in [0.25, 0.3) is 11.5 Å². The molecule has 0 aliphatic rings. The zero-order chi connectivity index (χ0) is 19.4. The van der Waals surface area contributed by atoms with Crippen molar-refractivity contribution in [1.82, 2.24) is 15.2 Å². The molecule has 138 valence electrons. The number of carbonyl (C=O) groups is 1. The second kappa shape index (κ2) is 7.82. The van der Waals surface area contributed by atoms with Crippen molar-refractivity contribution in [2.24, 2.45) is 5.10 Å². The van der Waals surface area contributed by atoms with Gasteiger partial charge >= 0.3 is 0 Å². The highest BCUT2D eigenvalue weighted by Gasteiger charge is 2.16. The predicted molar refractivity (Wildman–Crippen MR) is 104 cm³/mol. The van der Waals surface area contributed by atoms with E-state index in [4.69, 9.17) is 4.74 Å². The van der Waals surface area contributed by atoms with Crippen LogP contribution in [0.2, 0.25) is 0 Å². The maximum Gasteiger partial charge on any atom is 0.292 e. The lowest BCUT2D eigenvalue weighted by molar-refractivity contribution is 0.0949. The van der Waals surface area contributed by atoms with Crippen molar-refractivity contribution in [2.75, 3.05) is 7.11 Å². The Hall–Kier alpha value is -3.48. The van der Waals surface area contributed by atoms with Crippen molar-refractivity contribution in [1.29, 1.82) is 0 Å². The van der Waals surface area contributed by atoms with Crippen LogP contribution in [0.25, 0.3) is 10.8 Å². The molecule has 0 bridgehead atoms. The van der Waals surface area contributed by atoms with E-state index >= 15 is 0 Å². The van der Waals surface area contributed by atoms with E-state index in [1.54, 1.807) is 45.2 Å². The number of ether oxygens (including phenoxy) is 1. The quantitative estimate of drug-likeness (QED) is 0.557. The predicted octanol–water partition coefficient (Wildman–Crippen LogP) is 2.58. The first-order chi connectivity index (χ1) is 13.0. The van der Waals surface area contributed by atoms with Crippen LogP contribution in [-0.4, -0.2) is 28.5 Å². The summed E-state index contributed by atoms with van der Waals surface area (Å²) in [5.74, 6) is 0.228. The molecule has 0 atom stereocenters. The van der Waals surface area contributed by atoms with Gasteiger partial charge in [-0.05, 0) is 32.0 Å². The summed E-state index contributed by atoms with van der Waals surface area (Å²) in [6, 6.07) is 14.3. The average Bonchev–Trinajstić information content (AvgIpc) is 2.72. The molecule has 27 heavy (non-hydrogen) atoms. The Bertz CT molecular complexity index is 1090. The molecule has 7 heteroatoms. The maximum absolute atomic E-state index is 12.7. The molecule has 0 spiro atoms. The van der Waals surface area contributed by atoms with Gasteiger partial charge in [-0.15, -0.1) is 0 Å². The Morgan fingerprint density at radius 1 is 1.19 bits per heavy atom. The third kappa shape index (κ3) is 3.72. The van der Waals surface area contributed by atoms with Gasteiger partial charge in [-0.25, -0.2) is 10.1 Å². The fourth-order valence-electron chi connectivity index (χ4n) is 2.72. The van der Waals surface area contributed by atoms with Crippen LogP contribution in [0.15, 0.2) is 58.4 Å². The Labute approximate surface area is 156 Å². The normalized spacial score (nSPS) is 11.4. The van der Waals surface area contributed by atoms with Crippen molar-refractivity contribution in [2.45, 2.75) is 20.4 Å². The smallest absolute Gasteiger partial charge is 0.292 e. The van der Waals surface area contributed by atoms with Crippen molar-refractivity contribution in [3.63, 3.8) is 0 Å². The zero-order valence-corrected chi connectivity index (χ0v) is 15.4. The number of hydrogen-bond acceptors (Lipinski definition) is 5. The number of nitrogens with zero attached hydrogens (tertiary/aromatic N) is 3. The highest BCUT2D eigenvalue weighted by atomic mass is 16.5. The van der Waals surface area contributed by atoms with E-state index in [-0.39, 0.29) is 11.3 Å². The largest absolute Gasteiger partial charge is 0.497 e. The molecule has 1 heterocycles. The molecular formula is C20H20N4O3. The van der Waals surface area contributed by atoms with Crippen molar-refractivity contribution in [3.8, 4) is 5.75 Å². The highest BCUT2D eigenvalue weighted by Crippen LogP contribution is 2.14. The first-order valence-corrected chi connectivity index (χ1v) is 8.54. The number of methoxy groups -OCH3 is 1. The van der Waals surface area contributed by atoms with Crippen LogP contribution < -0.4 is 15.7 Å². The van der Waals surface area contributed by atoms with Crippen molar-refractivity contribution < 1.29 is 9.53 Å². The second-order valence-electron chi connectivity index (χ2n) is 5.89. The van der Waals surface area contributed by atoms with Crippen LogP contribution in [-0.2, 0) is 6.54 Å². The minimum absolute atomic E-state index is 0.161. The van der Waals surface area contributed by atoms with Gasteiger partial charge in [-0.2, -0.15) is 10.2 Å². The van der Waals surface area contributed by atoms with E-state index in [0.717, 1.165) is 5.56 Å². The van der Waals surface area contributed by atoms with Crippen LogP contribution in [0.1, 0.15) is 29.9 Å². The van der Waals surface area contributed by atoms with Gasteiger partial charge in [-0.3, -0.25) is 9.59 Å². The van der Waals surface area contributed by atoms with Gasteiger partial charge < -0.3 is 4.74 Å². The number of rotatable bonds is 5. The monoisotopic (exact) mass is 364 g/mol. The number of hydrazone groups is 1. The molecule has 7 nitrogen and oxygen atoms in total. The molecule has 3 aromatic rings. The first-order valence-electron chi connectivity index (χ1n) is 8.54. The number of hydrogen-bond donors (Lipinski definition) is 1.